The second-order valence-electron chi connectivity index (χ2n) is 7.00. The van der Waals surface area contributed by atoms with Crippen molar-refractivity contribution in [2.24, 2.45) is 0 Å². The quantitative estimate of drug-likeness (QED) is 0.841. The van der Waals surface area contributed by atoms with E-state index in [4.69, 9.17) is 0 Å². The first-order valence-corrected chi connectivity index (χ1v) is 9.76. The number of fused-ring (bicyclic) bond motifs is 3. The number of carbonyl (C=O) groups is 1. The summed E-state index contributed by atoms with van der Waals surface area (Å²) in [5.41, 5.74) is 1.14. The van der Waals surface area contributed by atoms with Gasteiger partial charge < -0.3 is 4.90 Å². The molecule has 2 aliphatic rings. The van der Waals surface area contributed by atoms with Crippen molar-refractivity contribution in [1.82, 2.24) is 14.5 Å². The van der Waals surface area contributed by atoms with Crippen molar-refractivity contribution in [1.29, 1.82) is 0 Å². The normalized spacial score (nSPS) is 21.0. The van der Waals surface area contributed by atoms with E-state index in [2.05, 4.69) is 11.9 Å². The van der Waals surface area contributed by atoms with Gasteiger partial charge in [-0.3, -0.25) is 14.2 Å². The van der Waals surface area contributed by atoms with Gasteiger partial charge in [-0.2, -0.15) is 0 Å². The molecule has 3 heterocycles. The van der Waals surface area contributed by atoms with Crippen molar-refractivity contribution < 1.29 is 4.79 Å². The molecule has 0 radical (unpaired) electrons. The first kappa shape index (κ1) is 15.8. The van der Waals surface area contributed by atoms with Gasteiger partial charge in [-0.1, -0.05) is 0 Å². The lowest BCUT2D eigenvalue weighted by Gasteiger charge is -2.33. The van der Waals surface area contributed by atoms with Crippen molar-refractivity contribution in [3.05, 3.63) is 27.1 Å². The third-order valence-corrected chi connectivity index (χ3v) is 6.57. The third kappa shape index (κ3) is 2.66. The van der Waals surface area contributed by atoms with Crippen LogP contribution in [0.15, 0.2) is 11.1 Å². The lowest BCUT2D eigenvalue weighted by Crippen LogP contribution is -2.44. The van der Waals surface area contributed by atoms with E-state index in [9.17, 15) is 9.59 Å². The summed E-state index contributed by atoms with van der Waals surface area (Å²) in [6, 6.07) is 0.271. The predicted octanol–water partition coefficient (Wildman–Crippen LogP) is 2.74. The largest absolute Gasteiger partial charge is 0.338 e. The van der Waals surface area contributed by atoms with Crippen LogP contribution in [0.4, 0.5) is 0 Å². The van der Waals surface area contributed by atoms with Gasteiger partial charge in [0.1, 0.15) is 11.4 Å². The number of nitrogens with zero attached hydrogens (tertiary/aromatic N) is 3. The molecule has 6 heteroatoms. The van der Waals surface area contributed by atoms with Gasteiger partial charge in [0.2, 0.25) is 5.91 Å². The molecule has 1 saturated heterocycles. The fourth-order valence-electron chi connectivity index (χ4n) is 4.00. The molecular weight excluding hydrogens is 322 g/mol. The number of thiophene rings is 1. The summed E-state index contributed by atoms with van der Waals surface area (Å²) < 4.78 is 1.51. The number of aryl methyl sites for hydroxylation is 2. The number of rotatable bonds is 2. The summed E-state index contributed by atoms with van der Waals surface area (Å²) in [5, 5.41) is 0.761. The molecule has 2 aromatic heterocycles. The topological polar surface area (TPSA) is 55.2 Å². The molecule has 0 spiro atoms. The molecule has 1 fully saturated rings. The minimum absolute atomic E-state index is 0.0366. The molecule has 24 heavy (non-hydrogen) atoms. The van der Waals surface area contributed by atoms with Crippen LogP contribution in [0.25, 0.3) is 10.2 Å². The molecule has 0 aromatic carbocycles. The monoisotopic (exact) mass is 345 g/mol. The summed E-state index contributed by atoms with van der Waals surface area (Å²) >= 11 is 1.65. The number of hydrogen-bond donors (Lipinski definition) is 0. The molecular formula is C18H23N3O2S. The van der Waals surface area contributed by atoms with Gasteiger partial charge in [-0.15, -0.1) is 11.3 Å². The van der Waals surface area contributed by atoms with Crippen LogP contribution in [0.5, 0.6) is 0 Å². The Kier molecular flexibility index (Phi) is 4.16. The average molecular weight is 345 g/mol. The van der Waals surface area contributed by atoms with Crippen molar-refractivity contribution >= 4 is 27.5 Å². The Labute approximate surface area is 145 Å². The van der Waals surface area contributed by atoms with Crippen molar-refractivity contribution in [3.63, 3.8) is 0 Å². The molecule has 0 unspecified atom stereocenters. The fourth-order valence-corrected chi connectivity index (χ4v) is 5.22. The van der Waals surface area contributed by atoms with Crippen molar-refractivity contribution in [2.45, 2.75) is 64.5 Å². The number of amides is 1. The number of likely N-dealkylation sites (tertiary alicyclic amines) is 1. The zero-order chi connectivity index (χ0) is 16.7. The van der Waals surface area contributed by atoms with E-state index in [0.29, 0.717) is 0 Å². The van der Waals surface area contributed by atoms with Crippen molar-refractivity contribution in [3.8, 4) is 0 Å². The molecule has 0 saturated carbocycles. The highest BCUT2D eigenvalue weighted by molar-refractivity contribution is 7.18. The number of hydrogen-bond acceptors (Lipinski definition) is 4. The highest BCUT2D eigenvalue weighted by atomic mass is 32.1. The molecule has 2 aromatic rings. The lowest BCUT2D eigenvalue weighted by molar-refractivity contribution is -0.135. The number of aromatic nitrogens is 2. The molecule has 5 nitrogen and oxygen atoms in total. The Morgan fingerprint density at radius 3 is 2.96 bits per heavy atom. The van der Waals surface area contributed by atoms with Crippen LogP contribution in [0.1, 0.15) is 49.5 Å². The predicted molar refractivity (Wildman–Crippen MR) is 95.5 cm³/mol. The Balaban J connectivity index is 1.66. The first-order chi connectivity index (χ1) is 11.6. The summed E-state index contributed by atoms with van der Waals surface area (Å²) in [6.45, 7) is 3.01. The third-order valence-electron chi connectivity index (χ3n) is 5.37. The van der Waals surface area contributed by atoms with Gasteiger partial charge in [-0.25, -0.2) is 4.98 Å². The second-order valence-corrected chi connectivity index (χ2v) is 8.08. The average Bonchev–Trinajstić information content (AvgIpc) is 2.97. The standard InChI is InChI=1S/C18H23N3O2S/c1-12-6-4-5-9-21(12)15(22)10-20-11-19-17-16(18(20)23)13-7-2-3-8-14(13)24-17/h11-12H,2-10H2,1H3/t12-/m1/s1. The summed E-state index contributed by atoms with van der Waals surface area (Å²) in [6.07, 6.45) is 9.19. The van der Waals surface area contributed by atoms with Crippen LogP contribution < -0.4 is 5.56 Å². The van der Waals surface area contributed by atoms with E-state index >= 15 is 0 Å². The Morgan fingerprint density at radius 2 is 2.12 bits per heavy atom. The zero-order valence-corrected chi connectivity index (χ0v) is 14.9. The van der Waals surface area contributed by atoms with Crippen LogP contribution in [0, 0.1) is 0 Å². The highest BCUT2D eigenvalue weighted by Gasteiger charge is 2.25. The highest BCUT2D eigenvalue weighted by Crippen LogP contribution is 2.33. The Hall–Kier alpha value is -1.69. The van der Waals surface area contributed by atoms with Crippen LogP contribution in [0.2, 0.25) is 0 Å². The Morgan fingerprint density at radius 1 is 1.29 bits per heavy atom. The van der Waals surface area contributed by atoms with Crippen LogP contribution in [-0.4, -0.2) is 32.9 Å². The van der Waals surface area contributed by atoms with E-state index in [1.165, 1.54) is 27.8 Å². The molecule has 0 bridgehead atoms. The number of piperidine rings is 1. The molecule has 4 rings (SSSR count). The van der Waals surface area contributed by atoms with Crippen LogP contribution in [0.3, 0.4) is 0 Å². The molecule has 1 atom stereocenters. The smallest absolute Gasteiger partial charge is 0.262 e. The summed E-state index contributed by atoms with van der Waals surface area (Å²) in [7, 11) is 0. The van der Waals surface area contributed by atoms with Crippen molar-refractivity contribution in [2.75, 3.05) is 6.54 Å². The van der Waals surface area contributed by atoms with E-state index in [-0.39, 0.29) is 24.1 Å². The van der Waals surface area contributed by atoms with Gasteiger partial charge in [0.05, 0.1) is 11.7 Å². The van der Waals surface area contributed by atoms with Gasteiger partial charge in [0.25, 0.3) is 5.56 Å². The van der Waals surface area contributed by atoms with Gasteiger partial charge in [-0.05, 0) is 57.4 Å². The summed E-state index contributed by atoms with van der Waals surface area (Å²) in [4.78, 5) is 34.1. The maximum absolute atomic E-state index is 12.9. The SMILES string of the molecule is C[C@@H]1CCCCN1C(=O)Cn1cnc2sc3c(c2c1=O)CCCC3. The van der Waals surface area contributed by atoms with Crippen LogP contribution >= 0.6 is 11.3 Å². The minimum Gasteiger partial charge on any atom is -0.338 e. The fraction of sp³-hybridized carbons (Fsp3) is 0.611. The zero-order valence-electron chi connectivity index (χ0n) is 14.1. The van der Waals surface area contributed by atoms with Crippen LogP contribution in [-0.2, 0) is 24.2 Å². The lowest BCUT2D eigenvalue weighted by atomic mass is 9.97. The first-order valence-electron chi connectivity index (χ1n) is 8.94. The Bertz CT molecular complexity index is 839. The maximum atomic E-state index is 12.9. The van der Waals surface area contributed by atoms with Gasteiger partial charge in [0.15, 0.2) is 0 Å². The minimum atomic E-state index is -0.0441. The van der Waals surface area contributed by atoms with E-state index in [0.717, 1.165) is 48.9 Å². The van der Waals surface area contributed by atoms with E-state index in [1.807, 2.05) is 4.90 Å². The molecule has 128 valence electrons. The molecule has 1 aliphatic heterocycles. The molecule has 1 aliphatic carbocycles. The van der Waals surface area contributed by atoms with Gasteiger partial charge >= 0.3 is 0 Å². The molecule has 0 N–H and O–H groups in total. The molecule has 1 amide bonds. The van der Waals surface area contributed by atoms with Gasteiger partial charge in [0, 0.05) is 17.5 Å². The van der Waals surface area contributed by atoms with E-state index < -0.39 is 0 Å². The van der Waals surface area contributed by atoms with E-state index in [1.54, 1.807) is 17.7 Å². The maximum Gasteiger partial charge on any atom is 0.262 e. The number of carbonyl (C=O) groups excluding carboxylic acids is 1. The second kappa shape index (κ2) is 6.31. The summed E-state index contributed by atoms with van der Waals surface area (Å²) in [5.74, 6) is 0.0366.